The fourth-order valence-electron chi connectivity index (χ4n) is 4.41. The van der Waals surface area contributed by atoms with Gasteiger partial charge in [-0.1, -0.05) is 66.7 Å². The van der Waals surface area contributed by atoms with Gasteiger partial charge in [0.15, 0.2) is 0 Å². The van der Waals surface area contributed by atoms with Crippen LogP contribution in [0, 0.1) is 0 Å². The van der Waals surface area contributed by atoms with Crippen LogP contribution in [0.3, 0.4) is 0 Å². The highest BCUT2D eigenvalue weighted by Gasteiger charge is 2.33. The zero-order chi connectivity index (χ0) is 22.5. The van der Waals surface area contributed by atoms with Gasteiger partial charge in [-0.15, -0.1) is 0 Å². The molecule has 6 nitrogen and oxygen atoms in total. The number of anilines is 1. The average Bonchev–Trinajstić information content (AvgIpc) is 2.80. The minimum atomic E-state index is -0.677. The van der Waals surface area contributed by atoms with Crippen LogP contribution in [0.1, 0.15) is 34.8 Å². The number of hydrogen-bond donors (Lipinski definition) is 3. The molecule has 2 atom stereocenters. The highest BCUT2D eigenvalue weighted by Crippen LogP contribution is 2.41. The minimum absolute atomic E-state index is 0.0276. The summed E-state index contributed by atoms with van der Waals surface area (Å²) in [5.74, 6) is 0.551. The van der Waals surface area contributed by atoms with Gasteiger partial charge in [0.25, 0.3) is 0 Å². The number of nitrogens with two attached hydrogens (primary N) is 1. The van der Waals surface area contributed by atoms with Crippen molar-refractivity contribution in [2.75, 3.05) is 12.4 Å². The Hall–Kier alpha value is -3.35. The van der Waals surface area contributed by atoms with Crippen LogP contribution in [0.25, 0.3) is 0 Å². The third-order valence-electron chi connectivity index (χ3n) is 6.01. The number of carbonyl (C=O) groups excluding carboxylic acids is 1. The number of likely N-dealkylation sites (N-methyl/N-ethyl adjacent to an activating group) is 1. The third-order valence-corrected chi connectivity index (χ3v) is 6.01. The van der Waals surface area contributed by atoms with Gasteiger partial charge >= 0.3 is 6.03 Å². The summed E-state index contributed by atoms with van der Waals surface area (Å²) in [6.07, 6.45) is 0.783. The van der Waals surface area contributed by atoms with Crippen LogP contribution in [0.5, 0.6) is 5.75 Å². The van der Waals surface area contributed by atoms with E-state index in [0.717, 1.165) is 29.7 Å². The van der Waals surface area contributed by atoms with Crippen molar-refractivity contribution >= 4 is 11.7 Å². The summed E-state index contributed by atoms with van der Waals surface area (Å²) < 4.78 is 6.02. The maximum absolute atomic E-state index is 11.7. The lowest BCUT2D eigenvalue weighted by atomic mass is 9.83. The van der Waals surface area contributed by atoms with E-state index in [-0.39, 0.29) is 6.04 Å². The van der Waals surface area contributed by atoms with Crippen LogP contribution in [0.4, 0.5) is 10.5 Å². The Labute approximate surface area is 188 Å². The average molecular weight is 432 g/mol. The van der Waals surface area contributed by atoms with E-state index in [9.17, 15) is 9.90 Å². The number of rotatable bonds is 7. The lowest BCUT2D eigenvalue weighted by Crippen LogP contribution is -2.39. The van der Waals surface area contributed by atoms with Crippen molar-refractivity contribution in [2.24, 2.45) is 5.73 Å². The Morgan fingerprint density at radius 2 is 1.72 bits per heavy atom. The first-order chi connectivity index (χ1) is 15.5. The molecule has 0 unspecified atom stereocenters. The molecule has 1 aliphatic rings. The monoisotopic (exact) mass is 431 g/mol. The van der Waals surface area contributed by atoms with Gasteiger partial charge in [-0.3, -0.25) is 4.90 Å². The predicted octanol–water partition coefficient (Wildman–Crippen LogP) is 4.24. The highest BCUT2D eigenvalue weighted by atomic mass is 16.5. The highest BCUT2D eigenvalue weighted by molar-refractivity contribution is 5.91. The molecule has 0 spiro atoms. The molecule has 166 valence electrons. The zero-order valence-electron chi connectivity index (χ0n) is 18.2. The van der Waals surface area contributed by atoms with Crippen LogP contribution < -0.4 is 15.8 Å². The molecule has 6 heteroatoms. The Morgan fingerprint density at radius 1 is 1.06 bits per heavy atom. The topological polar surface area (TPSA) is 87.8 Å². The summed E-state index contributed by atoms with van der Waals surface area (Å²) in [4.78, 5) is 13.9. The SMILES string of the molecule is CN(Cc1ccccc1)[C@@H]1CCc2c(ccc(OCc3ccccc3)c2NC(N)=O)[C@@H]1O. The van der Waals surface area contributed by atoms with Crippen LogP contribution in [0.15, 0.2) is 72.8 Å². The fraction of sp³-hybridized carbons (Fsp3) is 0.269. The smallest absolute Gasteiger partial charge is 0.316 e. The van der Waals surface area contributed by atoms with Crippen LogP contribution >= 0.6 is 0 Å². The van der Waals surface area contributed by atoms with Crippen LogP contribution in [-0.4, -0.2) is 29.1 Å². The predicted molar refractivity (Wildman–Crippen MR) is 125 cm³/mol. The molecule has 1 aliphatic carbocycles. The van der Waals surface area contributed by atoms with Gasteiger partial charge in [-0.2, -0.15) is 0 Å². The van der Waals surface area contributed by atoms with E-state index in [4.69, 9.17) is 10.5 Å². The molecule has 0 aliphatic heterocycles. The number of amides is 2. The largest absolute Gasteiger partial charge is 0.487 e. The summed E-state index contributed by atoms with van der Waals surface area (Å²) in [5.41, 5.74) is 9.92. The number of primary amides is 1. The van der Waals surface area contributed by atoms with E-state index < -0.39 is 12.1 Å². The standard InChI is InChI=1S/C26H29N3O3/c1-29(16-18-8-4-2-5-9-18)22-14-12-20-21(25(22)30)13-15-23(24(20)28-26(27)31)32-17-19-10-6-3-7-11-19/h2-11,13,15,22,25,30H,12,14,16-17H2,1H3,(H3,27,28,31)/t22-,25+/m1/s1. The lowest BCUT2D eigenvalue weighted by molar-refractivity contribution is 0.0462. The van der Waals surface area contributed by atoms with Crippen LogP contribution in [0.2, 0.25) is 0 Å². The quantitative estimate of drug-likeness (QED) is 0.522. The van der Waals surface area contributed by atoms with E-state index in [2.05, 4.69) is 22.3 Å². The van der Waals surface area contributed by atoms with Crippen LogP contribution in [-0.2, 0) is 19.6 Å². The molecule has 3 aromatic rings. The van der Waals surface area contributed by atoms with Crippen molar-refractivity contribution < 1.29 is 14.6 Å². The minimum Gasteiger partial charge on any atom is -0.487 e. The molecule has 0 radical (unpaired) electrons. The second kappa shape index (κ2) is 9.85. The van der Waals surface area contributed by atoms with E-state index >= 15 is 0 Å². The Morgan fingerprint density at radius 3 is 2.38 bits per heavy atom. The summed E-state index contributed by atoms with van der Waals surface area (Å²) in [7, 11) is 2.03. The van der Waals surface area contributed by atoms with Gasteiger partial charge in [0, 0.05) is 12.6 Å². The van der Waals surface area contributed by atoms with Gasteiger partial charge in [-0.05, 0) is 48.2 Å². The number of urea groups is 1. The van der Waals surface area contributed by atoms with E-state index in [0.29, 0.717) is 24.5 Å². The van der Waals surface area contributed by atoms with Crippen molar-refractivity contribution in [2.45, 2.75) is 38.1 Å². The van der Waals surface area contributed by atoms with Gasteiger partial charge < -0.3 is 20.9 Å². The summed E-state index contributed by atoms with van der Waals surface area (Å²) in [6.45, 7) is 1.13. The maximum atomic E-state index is 11.7. The molecular weight excluding hydrogens is 402 g/mol. The Bertz CT molecular complexity index is 1060. The van der Waals surface area contributed by atoms with E-state index in [1.54, 1.807) is 6.07 Å². The van der Waals surface area contributed by atoms with Crippen molar-refractivity contribution in [3.05, 3.63) is 95.1 Å². The number of aliphatic hydroxyl groups excluding tert-OH is 1. The molecule has 0 bridgehead atoms. The first-order valence-corrected chi connectivity index (χ1v) is 10.8. The maximum Gasteiger partial charge on any atom is 0.316 e. The molecule has 2 amide bonds. The van der Waals surface area contributed by atoms with Crippen molar-refractivity contribution in [3.63, 3.8) is 0 Å². The molecule has 0 heterocycles. The number of ether oxygens (including phenoxy) is 1. The molecule has 32 heavy (non-hydrogen) atoms. The lowest BCUT2D eigenvalue weighted by Gasteiger charge is -2.37. The van der Waals surface area contributed by atoms with Gasteiger partial charge in [0.1, 0.15) is 12.4 Å². The molecule has 0 fully saturated rings. The van der Waals surface area contributed by atoms with Gasteiger partial charge in [-0.25, -0.2) is 4.79 Å². The molecule has 0 aromatic heterocycles. The van der Waals surface area contributed by atoms with Crippen molar-refractivity contribution in [3.8, 4) is 5.75 Å². The van der Waals surface area contributed by atoms with E-state index in [1.807, 2.05) is 61.6 Å². The molecule has 0 saturated heterocycles. The normalized spacial score (nSPS) is 17.6. The molecular formula is C26H29N3O3. The fourth-order valence-corrected chi connectivity index (χ4v) is 4.41. The summed E-state index contributed by atoms with van der Waals surface area (Å²) in [6, 6.07) is 23.1. The molecule has 3 aromatic carbocycles. The number of benzene rings is 3. The number of carbonyl (C=O) groups is 1. The number of nitrogens with one attached hydrogen (secondary N) is 1. The third kappa shape index (κ3) is 4.93. The molecule has 4 N–H and O–H groups in total. The molecule has 0 saturated carbocycles. The van der Waals surface area contributed by atoms with Gasteiger partial charge in [0.05, 0.1) is 11.8 Å². The summed E-state index contributed by atoms with van der Waals surface area (Å²) >= 11 is 0. The van der Waals surface area contributed by atoms with Crippen molar-refractivity contribution in [1.82, 2.24) is 4.90 Å². The molecule has 4 rings (SSSR count). The second-order valence-electron chi connectivity index (χ2n) is 8.22. The Balaban J connectivity index is 1.56. The van der Waals surface area contributed by atoms with E-state index in [1.165, 1.54) is 5.56 Å². The van der Waals surface area contributed by atoms with Gasteiger partial charge in [0.2, 0.25) is 0 Å². The Kier molecular flexibility index (Phi) is 6.73. The second-order valence-corrected chi connectivity index (χ2v) is 8.22. The number of aliphatic hydroxyl groups is 1. The summed E-state index contributed by atoms with van der Waals surface area (Å²) in [5, 5.41) is 13.9. The number of fused-ring (bicyclic) bond motifs is 1. The first-order valence-electron chi connectivity index (χ1n) is 10.8. The number of hydrogen-bond acceptors (Lipinski definition) is 4. The number of nitrogens with zero attached hydrogens (tertiary/aromatic N) is 1. The van der Waals surface area contributed by atoms with Crippen molar-refractivity contribution in [1.29, 1.82) is 0 Å². The first kappa shape index (κ1) is 21.9. The zero-order valence-corrected chi connectivity index (χ0v) is 18.2.